The lowest BCUT2D eigenvalue weighted by atomic mass is 10.1. The Hall–Kier alpha value is -1.49. The van der Waals surface area contributed by atoms with Gasteiger partial charge in [-0.25, -0.2) is 0 Å². The van der Waals surface area contributed by atoms with Gasteiger partial charge in [0.25, 0.3) is 5.91 Å². The Morgan fingerprint density at radius 1 is 1.42 bits per heavy atom. The second kappa shape index (κ2) is 4.89. The maximum Gasteiger partial charge on any atom is 0.268 e. The highest BCUT2D eigenvalue weighted by Crippen LogP contribution is 2.37. The second-order valence-corrected chi connectivity index (χ2v) is 5.63. The molecule has 1 aliphatic carbocycles. The average Bonchev–Trinajstić information content (AvgIpc) is 3.15. The van der Waals surface area contributed by atoms with Crippen molar-refractivity contribution >= 4 is 23.4 Å². The zero-order valence-electron chi connectivity index (χ0n) is 10.5. The Kier molecular flexibility index (Phi) is 3.22. The van der Waals surface area contributed by atoms with Gasteiger partial charge in [-0.05, 0) is 25.3 Å². The van der Waals surface area contributed by atoms with E-state index in [4.69, 9.17) is 11.6 Å². The van der Waals surface area contributed by atoms with Gasteiger partial charge in [0.15, 0.2) is 0 Å². The molecule has 5 nitrogen and oxygen atoms in total. The lowest BCUT2D eigenvalue weighted by Gasteiger charge is -2.23. The van der Waals surface area contributed by atoms with Crippen molar-refractivity contribution in [2.45, 2.75) is 37.8 Å². The minimum atomic E-state index is -0.111. The lowest BCUT2D eigenvalue weighted by molar-refractivity contribution is -0.122. The Morgan fingerprint density at radius 2 is 2.21 bits per heavy atom. The van der Waals surface area contributed by atoms with Crippen molar-refractivity contribution in [3.63, 3.8) is 0 Å². The molecule has 2 heterocycles. The number of hydrogen-bond donors (Lipinski definition) is 2. The molecule has 1 aliphatic heterocycles. The van der Waals surface area contributed by atoms with Crippen LogP contribution >= 0.6 is 11.6 Å². The summed E-state index contributed by atoms with van der Waals surface area (Å²) in [6.45, 7) is 0.502. The van der Waals surface area contributed by atoms with Gasteiger partial charge >= 0.3 is 0 Å². The van der Waals surface area contributed by atoms with Crippen LogP contribution in [0, 0.1) is 0 Å². The summed E-state index contributed by atoms with van der Waals surface area (Å²) in [6, 6.07) is 2.13. The molecule has 2 N–H and O–H groups in total. The minimum Gasteiger partial charge on any atom is -0.354 e. The van der Waals surface area contributed by atoms with Gasteiger partial charge in [-0.2, -0.15) is 0 Å². The van der Waals surface area contributed by atoms with Crippen molar-refractivity contribution in [2.24, 2.45) is 0 Å². The first-order valence-corrected chi connectivity index (χ1v) is 6.96. The smallest absolute Gasteiger partial charge is 0.268 e. The topological polar surface area (TPSA) is 63.1 Å². The number of carbonyl (C=O) groups excluding carboxylic acids is 2. The summed E-state index contributed by atoms with van der Waals surface area (Å²) in [6.07, 6.45) is 5.18. The van der Waals surface area contributed by atoms with Crippen LogP contribution in [0.5, 0.6) is 0 Å². The number of hydrogen-bond acceptors (Lipinski definition) is 2. The first-order chi connectivity index (χ1) is 9.13. The number of piperidine rings is 1. The molecule has 3 rings (SSSR count). The first-order valence-electron chi connectivity index (χ1n) is 6.58. The maximum atomic E-state index is 12.3. The molecule has 0 bridgehead atoms. The second-order valence-electron chi connectivity index (χ2n) is 5.20. The van der Waals surface area contributed by atoms with Crippen LogP contribution in [0.2, 0.25) is 5.02 Å². The third-order valence-electron chi connectivity index (χ3n) is 3.59. The van der Waals surface area contributed by atoms with Gasteiger partial charge in [-0.3, -0.25) is 9.59 Å². The molecule has 2 fully saturated rings. The van der Waals surface area contributed by atoms with Crippen molar-refractivity contribution in [3.8, 4) is 0 Å². The summed E-state index contributed by atoms with van der Waals surface area (Å²) < 4.78 is 1.96. The summed E-state index contributed by atoms with van der Waals surface area (Å²) in [5.41, 5.74) is 0.615. The van der Waals surface area contributed by atoms with E-state index in [0.717, 1.165) is 12.8 Å². The zero-order valence-corrected chi connectivity index (χ0v) is 11.2. The summed E-state index contributed by atoms with van der Waals surface area (Å²) in [5.74, 6) is -0.0603. The minimum absolute atomic E-state index is 0.00604. The van der Waals surface area contributed by atoms with Crippen LogP contribution in [0.25, 0.3) is 0 Å². The van der Waals surface area contributed by atoms with Crippen molar-refractivity contribution in [1.29, 1.82) is 0 Å². The molecule has 6 heteroatoms. The predicted octanol–water partition coefficient (Wildman–Crippen LogP) is 1.48. The zero-order chi connectivity index (χ0) is 13.4. The van der Waals surface area contributed by atoms with Gasteiger partial charge in [0.05, 0.1) is 5.02 Å². The molecule has 1 unspecified atom stereocenters. The number of rotatable bonds is 3. The molecule has 2 aliphatic rings. The van der Waals surface area contributed by atoms with Gasteiger partial charge < -0.3 is 15.2 Å². The third kappa shape index (κ3) is 2.76. The van der Waals surface area contributed by atoms with E-state index in [1.165, 1.54) is 0 Å². The van der Waals surface area contributed by atoms with Crippen LogP contribution in [-0.2, 0) is 4.79 Å². The summed E-state index contributed by atoms with van der Waals surface area (Å²) in [7, 11) is 0. The highest BCUT2D eigenvalue weighted by molar-refractivity contribution is 6.31. The van der Waals surface area contributed by atoms with Gasteiger partial charge in [0, 0.05) is 31.2 Å². The number of aromatic nitrogens is 1. The summed E-state index contributed by atoms with van der Waals surface area (Å²) >= 11 is 5.99. The molecule has 19 heavy (non-hydrogen) atoms. The van der Waals surface area contributed by atoms with Gasteiger partial charge in [0.2, 0.25) is 5.91 Å². The first kappa shape index (κ1) is 12.5. The van der Waals surface area contributed by atoms with E-state index in [1.54, 1.807) is 6.07 Å². The van der Waals surface area contributed by atoms with E-state index < -0.39 is 0 Å². The Balaban J connectivity index is 1.68. The van der Waals surface area contributed by atoms with E-state index in [2.05, 4.69) is 10.6 Å². The molecule has 0 aromatic carbocycles. The predicted molar refractivity (Wildman–Crippen MR) is 71.2 cm³/mol. The molecule has 2 amide bonds. The van der Waals surface area contributed by atoms with Crippen LogP contribution in [0.4, 0.5) is 0 Å². The number of nitrogens with one attached hydrogen (secondary N) is 2. The van der Waals surface area contributed by atoms with E-state index in [1.807, 2.05) is 10.8 Å². The fourth-order valence-electron chi connectivity index (χ4n) is 2.40. The monoisotopic (exact) mass is 281 g/mol. The van der Waals surface area contributed by atoms with Gasteiger partial charge in [0.1, 0.15) is 5.69 Å². The molecular weight excluding hydrogens is 266 g/mol. The third-order valence-corrected chi connectivity index (χ3v) is 3.80. The standard InChI is InChI=1S/C13H16ClN3O2/c14-8-5-11(17(7-8)10-2-3-10)13(19)16-9-1-4-12(18)15-6-9/h5,7,9-10H,1-4,6H2,(H,15,18)(H,16,19). The Labute approximate surface area is 116 Å². The molecule has 1 atom stereocenters. The van der Waals surface area contributed by atoms with E-state index in [9.17, 15) is 9.59 Å². The number of carbonyl (C=O) groups is 2. The Bertz CT molecular complexity index is 512. The normalized spacial score (nSPS) is 23.0. The van der Waals surface area contributed by atoms with E-state index in [0.29, 0.717) is 36.1 Å². The Morgan fingerprint density at radius 3 is 2.84 bits per heavy atom. The van der Waals surface area contributed by atoms with Crippen LogP contribution in [-0.4, -0.2) is 29.0 Å². The lowest BCUT2D eigenvalue weighted by Crippen LogP contribution is -2.48. The van der Waals surface area contributed by atoms with Gasteiger partial charge in [-0.15, -0.1) is 0 Å². The molecular formula is C13H16ClN3O2. The molecule has 1 saturated carbocycles. The van der Waals surface area contributed by atoms with Crippen LogP contribution in [0.3, 0.4) is 0 Å². The number of halogens is 1. The van der Waals surface area contributed by atoms with Crippen molar-refractivity contribution in [2.75, 3.05) is 6.54 Å². The van der Waals surface area contributed by atoms with Crippen molar-refractivity contribution in [1.82, 2.24) is 15.2 Å². The molecule has 0 spiro atoms. The van der Waals surface area contributed by atoms with Crippen molar-refractivity contribution in [3.05, 3.63) is 23.0 Å². The molecule has 1 saturated heterocycles. The van der Waals surface area contributed by atoms with Crippen molar-refractivity contribution < 1.29 is 9.59 Å². The largest absolute Gasteiger partial charge is 0.354 e. The molecule has 1 aromatic heterocycles. The maximum absolute atomic E-state index is 12.3. The fraction of sp³-hybridized carbons (Fsp3) is 0.538. The fourth-order valence-corrected chi connectivity index (χ4v) is 2.61. The molecule has 0 radical (unpaired) electrons. The highest BCUT2D eigenvalue weighted by atomic mass is 35.5. The van der Waals surface area contributed by atoms with Crippen LogP contribution in [0.15, 0.2) is 12.3 Å². The highest BCUT2D eigenvalue weighted by Gasteiger charge is 2.29. The van der Waals surface area contributed by atoms with Gasteiger partial charge in [-0.1, -0.05) is 11.6 Å². The summed E-state index contributed by atoms with van der Waals surface area (Å²) in [5, 5.41) is 6.31. The number of nitrogens with zero attached hydrogens (tertiary/aromatic N) is 1. The summed E-state index contributed by atoms with van der Waals surface area (Å²) in [4.78, 5) is 23.3. The number of amides is 2. The average molecular weight is 282 g/mol. The SMILES string of the molecule is O=C1CCC(NC(=O)c2cc(Cl)cn2C2CC2)CN1. The van der Waals surface area contributed by atoms with Crippen LogP contribution < -0.4 is 10.6 Å². The molecule has 1 aromatic rings. The van der Waals surface area contributed by atoms with Crippen LogP contribution in [0.1, 0.15) is 42.2 Å². The van der Waals surface area contributed by atoms with E-state index >= 15 is 0 Å². The van der Waals surface area contributed by atoms with E-state index in [-0.39, 0.29) is 17.9 Å². The quantitative estimate of drug-likeness (QED) is 0.882. The molecule has 102 valence electrons.